The lowest BCUT2D eigenvalue weighted by Crippen LogP contribution is -2.25. The highest BCUT2D eigenvalue weighted by Crippen LogP contribution is 2.38. The Morgan fingerprint density at radius 3 is 2.00 bits per heavy atom. The summed E-state index contributed by atoms with van der Waals surface area (Å²) >= 11 is 0. The minimum Gasteiger partial charge on any atom is -0.507 e. The van der Waals surface area contributed by atoms with Crippen LogP contribution in [-0.4, -0.2) is 40.0 Å². The molecule has 2 aromatic carbocycles. The molecule has 168 valence electrons. The Morgan fingerprint density at radius 2 is 1.44 bits per heavy atom. The average Bonchev–Trinajstić information content (AvgIpc) is 2.97. The molecule has 0 heterocycles. The van der Waals surface area contributed by atoms with Crippen molar-refractivity contribution in [1.29, 1.82) is 0 Å². The summed E-state index contributed by atoms with van der Waals surface area (Å²) in [6.45, 7) is 9.63. The number of aromatic hydroxyl groups is 2. The first-order valence-electron chi connectivity index (χ1n) is 10.9. The number of aliphatic hydroxyl groups is 1. The van der Waals surface area contributed by atoms with Gasteiger partial charge in [0.15, 0.2) is 0 Å². The molecule has 0 fully saturated rings. The first kappa shape index (κ1) is 23.1. The van der Waals surface area contributed by atoms with Crippen LogP contribution in [0.2, 0.25) is 0 Å². The lowest BCUT2D eigenvalue weighted by molar-refractivity contribution is -0.129. The molecule has 1 aliphatic carbocycles. The number of carbonyl (C=O) groups excluding carboxylic acids is 2. The second kappa shape index (κ2) is 9.73. The molecule has 0 unspecified atom stereocenters. The minimum atomic E-state index is -0.930. The van der Waals surface area contributed by atoms with Crippen molar-refractivity contribution >= 4 is 35.0 Å². The van der Waals surface area contributed by atoms with Crippen LogP contribution in [0.1, 0.15) is 45.1 Å². The van der Waals surface area contributed by atoms with Crippen LogP contribution in [0.4, 0.5) is 5.69 Å². The van der Waals surface area contributed by atoms with E-state index in [4.69, 9.17) is 0 Å². The molecule has 0 amide bonds. The molecule has 0 saturated heterocycles. The molecule has 0 radical (unpaired) electrons. The van der Waals surface area contributed by atoms with Crippen LogP contribution < -0.4 is 15.3 Å². The molecule has 32 heavy (non-hydrogen) atoms. The van der Waals surface area contributed by atoms with E-state index in [1.54, 1.807) is 24.3 Å². The number of anilines is 1. The maximum Gasteiger partial charge on any atom is 0.238 e. The number of hydrogen-bond donors (Lipinski definition) is 3. The van der Waals surface area contributed by atoms with Gasteiger partial charge in [-0.15, -0.1) is 0 Å². The first-order chi connectivity index (χ1) is 15.3. The molecule has 2 aromatic rings. The van der Waals surface area contributed by atoms with E-state index < -0.39 is 17.3 Å². The van der Waals surface area contributed by atoms with Gasteiger partial charge in [0.05, 0.1) is 11.1 Å². The predicted molar refractivity (Wildman–Crippen MR) is 126 cm³/mol. The summed E-state index contributed by atoms with van der Waals surface area (Å²) < 4.78 is 0. The van der Waals surface area contributed by atoms with Crippen LogP contribution in [0.25, 0.3) is 17.7 Å². The molecule has 3 N–H and O–H groups in total. The van der Waals surface area contributed by atoms with E-state index in [1.807, 2.05) is 0 Å². The zero-order chi connectivity index (χ0) is 23.4. The molecule has 0 atom stereocenters. The summed E-state index contributed by atoms with van der Waals surface area (Å²) in [6.07, 6.45) is 4.12. The number of benzene rings is 2. The number of unbranched alkanes of at least 4 members (excludes halogenated alkanes) is 2. The van der Waals surface area contributed by atoms with Crippen LogP contribution in [0.5, 0.6) is 11.5 Å². The van der Waals surface area contributed by atoms with Crippen molar-refractivity contribution in [2.24, 2.45) is 0 Å². The van der Waals surface area contributed by atoms with E-state index in [-0.39, 0.29) is 33.4 Å². The van der Waals surface area contributed by atoms with Crippen molar-refractivity contribution in [3.63, 3.8) is 0 Å². The van der Waals surface area contributed by atoms with Crippen LogP contribution in [0, 0.1) is 0 Å². The number of allylic oxidation sites excluding steroid dienone is 2. The topological polar surface area (TPSA) is 98.1 Å². The normalized spacial score (nSPS) is 15.6. The Kier molecular flexibility index (Phi) is 7.03. The maximum absolute atomic E-state index is 12.7. The van der Waals surface area contributed by atoms with Gasteiger partial charge in [0.25, 0.3) is 0 Å². The van der Waals surface area contributed by atoms with Crippen molar-refractivity contribution in [3.05, 3.63) is 58.2 Å². The largest absolute Gasteiger partial charge is 0.507 e. The Bertz CT molecular complexity index is 1190. The van der Waals surface area contributed by atoms with E-state index >= 15 is 0 Å². The number of Topliss-reactive ketones (excluding diaryl/α,β-unsaturated/α-hetero) is 2. The fourth-order valence-corrected chi connectivity index (χ4v) is 3.85. The summed E-state index contributed by atoms with van der Waals surface area (Å²) in [5, 5.41) is 32.3. The number of aliphatic hydroxyl groups excluding tert-OH is 1. The van der Waals surface area contributed by atoms with Crippen molar-refractivity contribution in [2.45, 2.75) is 39.5 Å². The fraction of sp³-hybridized carbons (Fsp3) is 0.308. The van der Waals surface area contributed by atoms with Gasteiger partial charge in [-0.2, -0.15) is 0 Å². The minimum absolute atomic E-state index is 0.0460. The van der Waals surface area contributed by atoms with Gasteiger partial charge in [-0.1, -0.05) is 39.3 Å². The molecule has 1 aliphatic rings. The fourth-order valence-electron chi connectivity index (χ4n) is 3.85. The van der Waals surface area contributed by atoms with Crippen molar-refractivity contribution < 1.29 is 24.9 Å². The number of phenols is 2. The third kappa shape index (κ3) is 4.40. The smallest absolute Gasteiger partial charge is 0.238 e. The second-order valence-electron chi connectivity index (χ2n) is 8.00. The Labute approximate surface area is 187 Å². The summed E-state index contributed by atoms with van der Waals surface area (Å²) in [5.41, 5.74) is 0.357. The quantitative estimate of drug-likeness (QED) is 0.551. The summed E-state index contributed by atoms with van der Waals surface area (Å²) in [5.74, 6) is -2.86. The Hall–Kier alpha value is -3.54. The van der Waals surface area contributed by atoms with Gasteiger partial charge >= 0.3 is 0 Å². The van der Waals surface area contributed by atoms with E-state index in [0.717, 1.165) is 44.5 Å². The summed E-state index contributed by atoms with van der Waals surface area (Å²) in [7, 11) is 0. The highest BCUT2D eigenvalue weighted by Gasteiger charge is 2.39. The molecular weight excluding hydrogens is 406 g/mol. The number of carbonyl (C=O) groups is 2. The van der Waals surface area contributed by atoms with E-state index in [0.29, 0.717) is 5.22 Å². The van der Waals surface area contributed by atoms with Gasteiger partial charge in [0.1, 0.15) is 17.3 Å². The predicted octanol–water partition coefficient (Wildman–Crippen LogP) is 3.19. The van der Waals surface area contributed by atoms with Gasteiger partial charge < -0.3 is 20.2 Å². The monoisotopic (exact) mass is 435 g/mol. The number of hydrogen-bond acceptors (Lipinski definition) is 6. The zero-order valence-corrected chi connectivity index (χ0v) is 18.5. The zero-order valence-electron chi connectivity index (χ0n) is 18.5. The number of rotatable bonds is 8. The Balaban J connectivity index is 2.09. The molecule has 0 aromatic heterocycles. The summed E-state index contributed by atoms with van der Waals surface area (Å²) in [6, 6.07) is 9.24. The third-order valence-electron chi connectivity index (χ3n) is 5.64. The molecular formula is C26H29NO5. The van der Waals surface area contributed by atoms with Gasteiger partial charge in [-0.25, -0.2) is 0 Å². The third-order valence-corrected chi connectivity index (χ3v) is 5.64. The molecule has 3 rings (SSSR count). The van der Waals surface area contributed by atoms with Crippen molar-refractivity contribution in [3.8, 4) is 11.5 Å². The molecule has 0 spiro atoms. The first-order valence-corrected chi connectivity index (χ1v) is 10.9. The standard InChI is InChI=1S/C26H29NO5/c1-4-6-12-27(13-7-5-2)17-9-11-19(21(29)15-17)23-24(30)22(25(31)26(23)32)18-10-8-16(3)14-20(18)28/h8-11,14-15,28-30H,3-7,12-13H2,1-2H3/b22-18-. The van der Waals surface area contributed by atoms with Gasteiger partial charge in [-0.3, -0.25) is 9.59 Å². The lowest BCUT2D eigenvalue weighted by Gasteiger charge is -2.25. The molecule has 0 bridgehead atoms. The maximum atomic E-state index is 12.7. The van der Waals surface area contributed by atoms with E-state index in [9.17, 15) is 24.9 Å². The van der Waals surface area contributed by atoms with Crippen LogP contribution in [-0.2, 0) is 9.59 Å². The number of phenolic OH excluding ortho intramolecular Hbond substituents is 2. The van der Waals surface area contributed by atoms with E-state index in [2.05, 4.69) is 25.3 Å². The Morgan fingerprint density at radius 1 is 0.812 bits per heavy atom. The second-order valence-corrected chi connectivity index (χ2v) is 8.00. The van der Waals surface area contributed by atoms with Crippen LogP contribution in [0.3, 0.4) is 0 Å². The lowest BCUT2D eigenvalue weighted by atomic mass is 10.0. The highest BCUT2D eigenvalue weighted by atomic mass is 16.3. The highest BCUT2D eigenvalue weighted by molar-refractivity contribution is 6.70. The molecule has 6 heteroatoms. The van der Waals surface area contributed by atoms with Gasteiger partial charge in [-0.05, 0) is 42.3 Å². The van der Waals surface area contributed by atoms with Gasteiger partial charge in [0.2, 0.25) is 11.6 Å². The van der Waals surface area contributed by atoms with Gasteiger partial charge in [0, 0.05) is 35.6 Å². The molecule has 6 nitrogen and oxygen atoms in total. The van der Waals surface area contributed by atoms with Crippen molar-refractivity contribution in [2.75, 3.05) is 18.0 Å². The average molecular weight is 436 g/mol. The summed E-state index contributed by atoms with van der Waals surface area (Å²) in [4.78, 5) is 27.6. The molecule has 0 saturated carbocycles. The number of nitrogens with zero attached hydrogens (tertiary/aromatic N) is 1. The SMILES string of the molecule is C=c1cc/c(=C2/C(=O)C(=O)C(c3ccc(N(CCCC)CCCC)cc3O)=C2O)c(O)c1. The van der Waals surface area contributed by atoms with Crippen molar-refractivity contribution in [1.82, 2.24) is 0 Å². The molecule has 0 aliphatic heterocycles. The van der Waals surface area contributed by atoms with E-state index in [1.165, 1.54) is 12.1 Å². The van der Waals surface area contributed by atoms with Crippen LogP contribution in [0.15, 0.2) is 42.2 Å². The number of ketones is 2. The van der Waals surface area contributed by atoms with Crippen LogP contribution >= 0.6 is 0 Å².